The quantitative estimate of drug-likeness (QED) is 0.733. The van der Waals surface area contributed by atoms with Crippen molar-refractivity contribution in [3.05, 3.63) is 0 Å². The van der Waals surface area contributed by atoms with Gasteiger partial charge in [0.1, 0.15) is 0 Å². The lowest BCUT2D eigenvalue weighted by atomic mass is 9.81. The van der Waals surface area contributed by atoms with Crippen molar-refractivity contribution < 1.29 is 4.79 Å². The third-order valence-corrected chi connectivity index (χ3v) is 3.49. The molecule has 2 unspecified atom stereocenters. The van der Waals surface area contributed by atoms with E-state index in [1.54, 1.807) is 0 Å². The summed E-state index contributed by atoms with van der Waals surface area (Å²) in [6.07, 6.45) is 5.27. The zero-order chi connectivity index (χ0) is 10.6. The molecule has 82 valence electrons. The maximum Gasteiger partial charge on any atom is 0.155 e. The van der Waals surface area contributed by atoms with Crippen molar-refractivity contribution in [3.63, 3.8) is 0 Å². The molecule has 0 bridgehead atoms. The predicted octanol–water partition coefficient (Wildman–Crippen LogP) is 2.52. The Kier molecular flexibility index (Phi) is 4.11. The van der Waals surface area contributed by atoms with Gasteiger partial charge in [0.15, 0.2) is 5.78 Å². The molecule has 0 aliphatic carbocycles. The van der Waals surface area contributed by atoms with E-state index in [9.17, 15) is 4.79 Å². The highest BCUT2D eigenvalue weighted by atomic mass is 16.1. The highest BCUT2D eigenvalue weighted by Gasteiger charge is 2.40. The van der Waals surface area contributed by atoms with Crippen LogP contribution >= 0.6 is 0 Å². The van der Waals surface area contributed by atoms with Gasteiger partial charge in [-0.15, -0.1) is 0 Å². The van der Waals surface area contributed by atoms with Crippen molar-refractivity contribution in [2.45, 2.75) is 58.4 Å². The summed E-state index contributed by atoms with van der Waals surface area (Å²) in [5.74, 6) is 0.671. The number of hydrogen-bond donors (Lipinski definition) is 1. The molecular formula is C12H23NO. The van der Waals surface area contributed by atoms with E-state index < -0.39 is 0 Å². The second kappa shape index (κ2) is 4.92. The average molecular weight is 197 g/mol. The van der Waals surface area contributed by atoms with Crippen LogP contribution in [0.3, 0.4) is 0 Å². The van der Waals surface area contributed by atoms with Crippen molar-refractivity contribution in [2.24, 2.45) is 5.92 Å². The van der Waals surface area contributed by atoms with Crippen molar-refractivity contribution in [2.75, 3.05) is 6.54 Å². The lowest BCUT2D eigenvalue weighted by molar-refractivity contribution is -0.128. The molecule has 0 saturated carbocycles. The van der Waals surface area contributed by atoms with Crippen LogP contribution < -0.4 is 5.32 Å². The summed E-state index contributed by atoms with van der Waals surface area (Å²) in [5, 5.41) is 3.41. The van der Waals surface area contributed by atoms with Crippen molar-refractivity contribution in [1.82, 2.24) is 5.32 Å². The minimum absolute atomic E-state index is 0.172. The van der Waals surface area contributed by atoms with Gasteiger partial charge in [-0.3, -0.25) is 4.79 Å². The first-order valence-electron chi connectivity index (χ1n) is 5.95. The van der Waals surface area contributed by atoms with E-state index in [4.69, 9.17) is 0 Å². The second-order valence-electron chi connectivity index (χ2n) is 4.52. The molecule has 1 N–H and O–H groups in total. The zero-order valence-corrected chi connectivity index (χ0v) is 9.73. The van der Waals surface area contributed by atoms with Gasteiger partial charge in [0.25, 0.3) is 0 Å². The van der Waals surface area contributed by atoms with E-state index in [-0.39, 0.29) is 11.5 Å². The van der Waals surface area contributed by atoms with Crippen LogP contribution in [0, 0.1) is 5.92 Å². The van der Waals surface area contributed by atoms with Gasteiger partial charge in [0, 0.05) is 5.92 Å². The molecule has 2 atom stereocenters. The van der Waals surface area contributed by atoms with Crippen molar-refractivity contribution >= 4 is 5.78 Å². The molecule has 1 rings (SSSR count). The number of rotatable bonds is 5. The van der Waals surface area contributed by atoms with Gasteiger partial charge in [-0.1, -0.05) is 27.2 Å². The first-order chi connectivity index (χ1) is 6.66. The van der Waals surface area contributed by atoms with Gasteiger partial charge in [-0.25, -0.2) is 0 Å². The van der Waals surface area contributed by atoms with Crippen LogP contribution in [0.4, 0.5) is 0 Å². The molecule has 1 saturated heterocycles. The molecule has 0 radical (unpaired) electrons. The predicted molar refractivity (Wildman–Crippen MR) is 59.3 cm³/mol. The van der Waals surface area contributed by atoms with E-state index in [1.165, 1.54) is 0 Å². The normalized spacial score (nSPS) is 29.1. The number of ketones is 1. The Bertz CT molecular complexity index is 194. The molecule has 14 heavy (non-hydrogen) atoms. The monoisotopic (exact) mass is 197 g/mol. The van der Waals surface area contributed by atoms with E-state index in [1.807, 2.05) is 0 Å². The van der Waals surface area contributed by atoms with Gasteiger partial charge in [0.05, 0.1) is 5.54 Å². The van der Waals surface area contributed by atoms with Crippen LogP contribution in [0.2, 0.25) is 0 Å². The standard InChI is InChI=1S/C12H23NO/c1-4-7-10(3)11(14)12(5-2)8-6-9-13-12/h10,13H,4-9H2,1-3H3. The highest BCUT2D eigenvalue weighted by molar-refractivity contribution is 5.90. The van der Waals surface area contributed by atoms with Gasteiger partial charge in [0.2, 0.25) is 0 Å². The maximum absolute atomic E-state index is 12.2. The fraction of sp³-hybridized carbons (Fsp3) is 0.917. The van der Waals surface area contributed by atoms with Gasteiger partial charge < -0.3 is 5.32 Å². The molecule has 1 aliphatic rings. The Morgan fingerprint density at radius 3 is 2.64 bits per heavy atom. The third-order valence-electron chi connectivity index (χ3n) is 3.49. The number of carbonyl (C=O) groups excluding carboxylic acids is 1. The average Bonchev–Trinajstić information content (AvgIpc) is 2.66. The van der Waals surface area contributed by atoms with E-state index in [0.29, 0.717) is 5.78 Å². The lowest BCUT2D eigenvalue weighted by Crippen LogP contribution is -2.49. The molecule has 0 spiro atoms. The summed E-state index contributed by atoms with van der Waals surface area (Å²) in [6, 6.07) is 0. The molecular weight excluding hydrogens is 174 g/mol. The van der Waals surface area contributed by atoms with Crippen molar-refractivity contribution in [3.8, 4) is 0 Å². The molecule has 2 heteroatoms. The largest absolute Gasteiger partial charge is 0.305 e. The molecule has 0 aromatic rings. The smallest absolute Gasteiger partial charge is 0.155 e. The first kappa shape index (κ1) is 11.7. The number of carbonyl (C=O) groups is 1. The minimum Gasteiger partial charge on any atom is -0.305 e. The molecule has 0 aromatic heterocycles. The van der Waals surface area contributed by atoms with E-state index >= 15 is 0 Å². The van der Waals surface area contributed by atoms with Crippen LogP contribution in [-0.4, -0.2) is 17.9 Å². The summed E-state index contributed by atoms with van der Waals surface area (Å²) in [4.78, 5) is 12.2. The molecule has 2 nitrogen and oxygen atoms in total. The lowest BCUT2D eigenvalue weighted by Gasteiger charge is -2.29. The third kappa shape index (κ3) is 2.17. The van der Waals surface area contributed by atoms with E-state index in [2.05, 4.69) is 26.1 Å². The summed E-state index contributed by atoms with van der Waals surface area (Å²) in [7, 11) is 0. The molecule has 0 amide bonds. The Morgan fingerprint density at radius 2 is 2.21 bits per heavy atom. The fourth-order valence-electron chi connectivity index (χ4n) is 2.53. The van der Waals surface area contributed by atoms with Crippen LogP contribution in [0.25, 0.3) is 0 Å². The second-order valence-corrected chi connectivity index (χ2v) is 4.52. The molecule has 1 heterocycles. The highest BCUT2D eigenvalue weighted by Crippen LogP contribution is 2.28. The van der Waals surface area contributed by atoms with Crippen LogP contribution in [0.1, 0.15) is 52.9 Å². The van der Waals surface area contributed by atoms with Crippen LogP contribution in [0.5, 0.6) is 0 Å². The molecule has 0 aromatic carbocycles. The van der Waals surface area contributed by atoms with Gasteiger partial charge >= 0.3 is 0 Å². The SMILES string of the molecule is CCCC(C)C(=O)C1(CC)CCCN1. The van der Waals surface area contributed by atoms with Crippen molar-refractivity contribution in [1.29, 1.82) is 0 Å². The molecule has 1 fully saturated rings. The maximum atomic E-state index is 12.2. The fourth-order valence-corrected chi connectivity index (χ4v) is 2.53. The molecule has 1 aliphatic heterocycles. The summed E-state index contributed by atoms with van der Waals surface area (Å²) < 4.78 is 0. The minimum atomic E-state index is -0.172. The van der Waals surface area contributed by atoms with Gasteiger partial charge in [-0.05, 0) is 32.2 Å². The summed E-state index contributed by atoms with van der Waals surface area (Å²) in [5.41, 5.74) is -0.172. The first-order valence-corrected chi connectivity index (χ1v) is 5.95. The number of nitrogens with one attached hydrogen (secondary N) is 1. The Hall–Kier alpha value is -0.370. The van der Waals surface area contributed by atoms with Crippen LogP contribution in [0.15, 0.2) is 0 Å². The van der Waals surface area contributed by atoms with Gasteiger partial charge in [-0.2, -0.15) is 0 Å². The zero-order valence-electron chi connectivity index (χ0n) is 9.73. The summed E-state index contributed by atoms with van der Waals surface area (Å²) in [6.45, 7) is 7.35. The Morgan fingerprint density at radius 1 is 1.50 bits per heavy atom. The Labute approximate surface area is 87.5 Å². The summed E-state index contributed by atoms with van der Waals surface area (Å²) >= 11 is 0. The van der Waals surface area contributed by atoms with E-state index in [0.717, 1.165) is 38.6 Å². The Balaban J connectivity index is 2.64. The topological polar surface area (TPSA) is 29.1 Å². The number of Topliss-reactive ketones (excluding diaryl/α,β-unsaturated/α-hetero) is 1. The van der Waals surface area contributed by atoms with Crippen LogP contribution in [-0.2, 0) is 4.79 Å². The number of hydrogen-bond acceptors (Lipinski definition) is 2.